The zero-order valence-electron chi connectivity index (χ0n) is 23.6. The van der Waals surface area contributed by atoms with Crippen LogP contribution in [0.2, 0.25) is 10.0 Å². The minimum atomic E-state index is -4.20. The average molecular weight is 633 g/mol. The second kappa shape index (κ2) is 14.3. The van der Waals surface area contributed by atoms with Crippen LogP contribution in [0.25, 0.3) is 0 Å². The van der Waals surface area contributed by atoms with Gasteiger partial charge in [0, 0.05) is 22.6 Å². The lowest BCUT2D eigenvalue weighted by Gasteiger charge is -2.33. The Morgan fingerprint density at radius 1 is 0.905 bits per heavy atom. The summed E-state index contributed by atoms with van der Waals surface area (Å²) in [5.41, 5.74) is 1.01. The van der Waals surface area contributed by atoms with Crippen molar-refractivity contribution in [1.29, 1.82) is 0 Å². The SMILES string of the molecule is COc1ccc(S(=O)(=O)N(CC(=O)N(Cc2ccc(Cl)cc2)[C@H](C)C(=O)NC2CCCCC2)c2ccc(Cl)cc2)cc1. The third-order valence-electron chi connectivity index (χ3n) is 7.43. The van der Waals surface area contributed by atoms with E-state index in [1.807, 2.05) is 0 Å². The van der Waals surface area contributed by atoms with Gasteiger partial charge in [-0.25, -0.2) is 8.42 Å². The molecular formula is C31H35Cl2N3O5S. The van der Waals surface area contributed by atoms with Crippen LogP contribution in [0.1, 0.15) is 44.6 Å². The highest BCUT2D eigenvalue weighted by Gasteiger charge is 2.33. The Morgan fingerprint density at radius 3 is 2.05 bits per heavy atom. The van der Waals surface area contributed by atoms with Crippen molar-refractivity contribution in [3.8, 4) is 5.75 Å². The molecule has 0 radical (unpaired) electrons. The predicted molar refractivity (Wildman–Crippen MR) is 165 cm³/mol. The van der Waals surface area contributed by atoms with Crippen LogP contribution in [0.3, 0.4) is 0 Å². The molecule has 3 aromatic carbocycles. The van der Waals surface area contributed by atoms with Gasteiger partial charge in [-0.15, -0.1) is 0 Å². The molecule has 42 heavy (non-hydrogen) atoms. The standard InChI is InChI=1S/C31H35Cl2N3O5S/c1-22(31(38)34-26-6-4-3-5-7-26)35(20-23-8-10-24(32)11-9-23)30(37)21-36(27-14-12-25(33)13-15-27)42(39,40)29-18-16-28(41-2)17-19-29/h8-19,22,26H,3-7,20-21H2,1-2H3,(H,34,38)/t22-/m1/s1. The van der Waals surface area contributed by atoms with Crippen molar-refractivity contribution in [2.75, 3.05) is 18.0 Å². The second-order valence-electron chi connectivity index (χ2n) is 10.3. The van der Waals surface area contributed by atoms with Gasteiger partial charge in [-0.05, 0) is 86.0 Å². The van der Waals surface area contributed by atoms with E-state index in [1.54, 1.807) is 67.6 Å². The number of nitrogens with one attached hydrogen (secondary N) is 1. The lowest BCUT2D eigenvalue weighted by atomic mass is 9.95. The number of methoxy groups -OCH3 is 1. The topological polar surface area (TPSA) is 96.0 Å². The summed E-state index contributed by atoms with van der Waals surface area (Å²) in [6.45, 7) is 1.22. The molecule has 1 fully saturated rings. The lowest BCUT2D eigenvalue weighted by Crippen LogP contribution is -2.53. The van der Waals surface area contributed by atoms with Gasteiger partial charge in [0.25, 0.3) is 10.0 Å². The van der Waals surface area contributed by atoms with Crippen LogP contribution in [0.5, 0.6) is 5.75 Å². The van der Waals surface area contributed by atoms with Crippen molar-refractivity contribution >= 4 is 50.7 Å². The smallest absolute Gasteiger partial charge is 0.264 e. The van der Waals surface area contributed by atoms with E-state index in [0.717, 1.165) is 42.0 Å². The Labute approximate surface area is 257 Å². The summed E-state index contributed by atoms with van der Waals surface area (Å²) in [6.07, 6.45) is 5.03. The zero-order chi connectivity index (χ0) is 30.3. The van der Waals surface area contributed by atoms with Crippen molar-refractivity contribution in [3.05, 3.63) is 88.4 Å². The predicted octanol–water partition coefficient (Wildman–Crippen LogP) is 6.06. The van der Waals surface area contributed by atoms with E-state index in [4.69, 9.17) is 27.9 Å². The molecule has 0 spiro atoms. The number of hydrogen-bond donors (Lipinski definition) is 1. The van der Waals surface area contributed by atoms with Crippen molar-refractivity contribution in [2.45, 2.75) is 62.6 Å². The van der Waals surface area contributed by atoms with Gasteiger partial charge in [-0.2, -0.15) is 0 Å². The third kappa shape index (κ3) is 7.96. The molecular weight excluding hydrogens is 597 g/mol. The number of anilines is 1. The van der Waals surface area contributed by atoms with Gasteiger partial charge in [0.15, 0.2) is 0 Å². The van der Waals surface area contributed by atoms with Crippen LogP contribution in [-0.4, -0.2) is 50.9 Å². The average Bonchev–Trinajstić information content (AvgIpc) is 3.00. The summed E-state index contributed by atoms with van der Waals surface area (Å²) in [5.74, 6) is -0.321. The maximum atomic E-state index is 14.0. The van der Waals surface area contributed by atoms with Gasteiger partial charge in [0.1, 0.15) is 18.3 Å². The van der Waals surface area contributed by atoms with Crippen LogP contribution >= 0.6 is 23.2 Å². The Bertz CT molecular complexity index is 1460. The molecule has 11 heteroatoms. The summed E-state index contributed by atoms with van der Waals surface area (Å²) in [5, 5.41) is 4.06. The van der Waals surface area contributed by atoms with Gasteiger partial charge in [0.2, 0.25) is 11.8 Å². The summed E-state index contributed by atoms with van der Waals surface area (Å²) in [4.78, 5) is 28.8. The van der Waals surface area contributed by atoms with Crippen LogP contribution in [0.15, 0.2) is 77.7 Å². The highest BCUT2D eigenvalue weighted by Crippen LogP contribution is 2.27. The molecule has 3 aromatic rings. The third-order valence-corrected chi connectivity index (χ3v) is 9.72. The minimum absolute atomic E-state index is 0.0154. The summed E-state index contributed by atoms with van der Waals surface area (Å²) >= 11 is 12.2. The first-order chi connectivity index (χ1) is 20.1. The Kier molecular flexibility index (Phi) is 10.8. The zero-order valence-corrected chi connectivity index (χ0v) is 26.0. The first kappa shape index (κ1) is 31.7. The molecule has 0 unspecified atom stereocenters. The Hall–Kier alpha value is -3.27. The number of halogens is 2. The highest BCUT2D eigenvalue weighted by atomic mass is 35.5. The van der Waals surface area contributed by atoms with Crippen LogP contribution < -0.4 is 14.4 Å². The first-order valence-corrected chi connectivity index (χ1v) is 16.0. The van der Waals surface area contributed by atoms with Gasteiger partial charge in [-0.3, -0.25) is 13.9 Å². The first-order valence-electron chi connectivity index (χ1n) is 13.8. The highest BCUT2D eigenvalue weighted by molar-refractivity contribution is 7.92. The molecule has 1 aliphatic carbocycles. The normalized spacial score (nSPS) is 14.6. The maximum Gasteiger partial charge on any atom is 0.264 e. The minimum Gasteiger partial charge on any atom is -0.497 e. The van der Waals surface area contributed by atoms with Crippen molar-refractivity contribution in [1.82, 2.24) is 10.2 Å². The molecule has 0 heterocycles. The number of carbonyl (C=O) groups excluding carboxylic acids is 2. The van der Waals surface area contributed by atoms with Crippen LogP contribution in [0.4, 0.5) is 5.69 Å². The van der Waals surface area contributed by atoms with Gasteiger partial charge < -0.3 is 15.0 Å². The van der Waals surface area contributed by atoms with Crippen molar-refractivity contribution < 1.29 is 22.7 Å². The molecule has 4 rings (SSSR count). The largest absolute Gasteiger partial charge is 0.497 e. The van der Waals surface area contributed by atoms with Crippen molar-refractivity contribution in [3.63, 3.8) is 0 Å². The lowest BCUT2D eigenvalue weighted by molar-refractivity contribution is -0.139. The Balaban J connectivity index is 1.66. The van der Waals surface area contributed by atoms with Gasteiger partial charge in [-0.1, -0.05) is 54.6 Å². The molecule has 1 atom stereocenters. The summed E-state index contributed by atoms with van der Waals surface area (Å²) in [7, 11) is -2.71. The fraction of sp³-hybridized carbons (Fsp3) is 0.355. The van der Waals surface area contributed by atoms with E-state index in [0.29, 0.717) is 15.8 Å². The number of ether oxygens (including phenoxy) is 1. The van der Waals surface area contributed by atoms with Crippen molar-refractivity contribution in [2.24, 2.45) is 0 Å². The number of rotatable bonds is 11. The van der Waals surface area contributed by atoms with Crippen LogP contribution in [0, 0.1) is 0 Å². The molecule has 8 nitrogen and oxygen atoms in total. The monoisotopic (exact) mass is 631 g/mol. The van der Waals surface area contributed by atoms with Crippen LogP contribution in [-0.2, 0) is 26.2 Å². The fourth-order valence-electron chi connectivity index (χ4n) is 4.95. The number of sulfonamides is 1. The quantitative estimate of drug-likeness (QED) is 0.277. The molecule has 0 bridgehead atoms. The van der Waals surface area contributed by atoms with E-state index >= 15 is 0 Å². The van der Waals surface area contributed by atoms with E-state index in [9.17, 15) is 18.0 Å². The molecule has 1 saturated carbocycles. The molecule has 224 valence electrons. The maximum absolute atomic E-state index is 14.0. The second-order valence-corrected chi connectivity index (χ2v) is 13.1. The molecule has 2 amide bonds. The number of nitrogens with zero attached hydrogens (tertiary/aromatic N) is 2. The Morgan fingerprint density at radius 2 is 1.48 bits per heavy atom. The fourth-order valence-corrected chi connectivity index (χ4v) is 6.61. The molecule has 1 N–H and O–H groups in total. The van der Waals surface area contributed by atoms with E-state index in [2.05, 4.69) is 5.32 Å². The summed E-state index contributed by atoms with van der Waals surface area (Å²) < 4.78 is 34.1. The van der Waals surface area contributed by atoms with Gasteiger partial charge >= 0.3 is 0 Å². The summed E-state index contributed by atoms with van der Waals surface area (Å²) in [6, 6.07) is 18.3. The number of benzene rings is 3. The number of amides is 2. The molecule has 1 aliphatic rings. The van der Waals surface area contributed by atoms with E-state index < -0.39 is 28.5 Å². The number of carbonyl (C=O) groups is 2. The molecule has 0 aromatic heterocycles. The molecule has 0 saturated heterocycles. The van der Waals surface area contributed by atoms with E-state index in [1.165, 1.54) is 24.1 Å². The molecule has 0 aliphatic heterocycles. The number of hydrogen-bond acceptors (Lipinski definition) is 5. The van der Waals surface area contributed by atoms with Gasteiger partial charge in [0.05, 0.1) is 17.7 Å². The van der Waals surface area contributed by atoms with E-state index in [-0.39, 0.29) is 29.1 Å².